The predicted molar refractivity (Wildman–Crippen MR) is 65.9 cm³/mol. The van der Waals surface area contributed by atoms with Crippen LogP contribution in [0.1, 0.15) is 36.3 Å². The molecule has 0 amide bonds. The van der Waals surface area contributed by atoms with Crippen molar-refractivity contribution in [2.24, 2.45) is 11.3 Å². The van der Waals surface area contributed by atoms with E-state index in [9.17, 15) is 9.90 Å². The zero-order valence-electron chi connectivity index (χ0n) is 10.5. The number of thiazole rings is 1. The summed E-state index contributed by atoms with van der Waals surface area (Å²) in [6, 6.07) is 0. The van der Waals surface area contributed by atoms with Gasteiger partial charge in [-0.05, 0) is 26.7 Å². The van der Waals surface area contributed by atoms with E-state index in [0.29, 0.717) is 6.42 Å². The van der Waals surface area contributed by atoms with E-state index in [1.807, 2.05) is 27.7 Å². The predicted octanol–water partition coefficient (Wildman–Crippen LogP) is 3.05. The van der Waals surface area contributed by atoms with E-state index >= 15 is 0 Å². The first-order valence-corrected chi connectivity index (χ1v) is 6.25. The Kier molecular flexibility index (Phi) is 3.73. The van der Waals surface area contributed by atoms with Crippen molar-refractivity contribution in [3.63, 3.8) is 0 Å². The van der Waals surface area contributed by atoms with E-state index in [0.717, 1.165) is 10.7 Å². The Morgan fingerprint density at radius 3 is 2.38 bits per heavy atom. The minimum atomic E-state index is -0.743. The standard InChI is InChI=1S/C12H19NO2S/c1-7(2)12(5,11(14)15)6-10-13-8(3)9(4)16-10/h7H,6H2,1-5H3,(H,14,15). The van der Waals surface area contributed by atoms with Gasteiger partial charge in [0.2, 0.25) is 0 Å². The summed E-state index contributed by atoms with van der Waals surface area (Å²) in [6.45, 7) is 9.67. The molecular formula is C12H19NO2S. The molecule has 90 valence electrons. The third-order valence-electron chi connectivity index (χ3n) is 3.35. The highest BCUT2D eigenvalue weighted by atomic mass is 32.1. The van der Waals surface area contributed by atoms with Crippen LogP contribution in [0.15, 0.2) is 0 Å². The first kappa shape index (κ1) is 13.2. The molecule has 1 heterocycles. The Labute approximate surface area is 101 Å². The fourth-order valence-corrected chi connectivity index (χ4v) is 2.56. The number of aromatic nitrogens is 1. The number of hydrogen-bond acceptors (Lipinski definition) is 3. The molecule has 1 rings (SSSR count). The average Bonchev–Trinajstić information content (AvgIpc) is 2.44. The fourth-order valence-electron chi connectivity index (χ4n) is 1.46. The van der Waals surface area contributed by atoms with Crippen molar-refractivity contribution in [3.8, 4) is 0 Å². The molecule has 0 bridgehead atoms. The summed E-state index contributed by atoms with van der Waals surface area (Å²) in [7, 11) is 0. The van der Waals surface area contributed by atoms with Gasteiger partial charge in [0.1, 0.15) is 0 Å². The molecule has 0 radical (unpaired) electrons. The summed E-state index contributed by atoms with van der Waals surface area (Å²) in [6.07, 6.45) is 0.513. The second kappa shape index (κ2) is 4.53. The number of carboxylic acid groups (broad SMARTS) is 1. The van der Waals surface area contributed by atoms with Crippen LogP contribution in [0.25, 0.3) is 0 Å². The monoisotopic (exact) mass is 241 g/mol. The first-order valence-electron chi connectivity index (χ1n) is 5.43. The van der Waals surface area contributed by atoms with Crippen LogP contribution in [0.4, 0.5) is 0 Å². The van der Waals surface area contributed by atoms with Crippen LogP contribution < -0.4 is 0 Å². The summed E-state index contributed by atoms with van der Waals surface area (Å²) in [5.41, 5.74) is 0.285. The number of nitrogens with zero attached hydrogens (tertiary/aromatic N) is 1. The van der Waals surface area contributed by atoms with E-state index in [1.54, 1.807) is 18.3 Å². The number of carboxylic acids is 1. The van der Waals surface area contributed by atoms with Gasteiger partial charge in [-0.25, -0.2) is 4.98 Å². The van der Waals surface area contributed by atoms with Gasteiger partial charge in [-0.2, -0.15) is 0 Å². The Morgan fingerprint density at radius 2 is 2.06 bits per heavy atom. The third-order valence-corrected chi connectivity index (χ3v) is 4.43. The lowest BCUT2D eigenvalue weighted by molar-refractivity contribution is -0.150. The third kappa shape index (κ3) is 2.43. The van der Waals surface area contributed by atoms with Crippen molar-refractivity contribution in [3.05, 3.63) is 15.6 Å². The summed E-state index contributed by atoms with van der Waals surface area (Å²) >= 11 is 1.60. The van der Waals surface area contributed by atoms with E-state index in [-0.39, 0.29) is 5.92 Å². The molecule has 3 nitrogen and oxygen atoms in total. The molecule has 0 aliphatic carbocycles. The lowest BCUT2D eigenvalue weighted by Crippen LogP contribution is -2.35. The molecule has 0 fully saturated rings. The van der Waals surface area contributed by atoms with Gasteiger partial charge in [-0.3, -0.25) is 4.79 Å². The second-order valence-corrected chi connectivity index (χ2v) is 6.09. The van der Waals surface area contributed by atoms with E-state index in [4.69, 9.17) is 0 Å². The van der Waals surface area contributed by atoms with Crippen LogP contribution >= 0.6 is 11.3 Å². The van der Waals surface area contributed by atoms with Gasteiger partial charge in [-0.15, -0.1) is 11.3 Å². The molecule has 1 aromatic rings. The van der Waals surface area contributed by atoms with Crippen molar-refractivity contribution in [1.82, 2.24) is 4.98 Å². The first-order chi connectivity index (χ1) is 7.27. The van der Waals surface area contributed by atoms with Gasteiger partial charge >= 0.3 is 5.97 Å². The quantitative estimate of drug-likeness (QED) is 0.881. The molecule has 1 N–H and O–H groups in total. The molecule has 0 spiro atoms. The molecular weight excluding hydrogens is 222 g/mol. The Morgan fingerprint density at radius 1 is 1.50 bits per heavy atom. The van der Waals surface area contributed by atoms with Crippen molar-refractivity contribution in [1.29, 1.82) is 0 Å². The normalized spacial score (nSPS) is 15.1. The smallest absolute Gasteiger partial charge is 0.310 e. The SMILES string of the molecule is Cc1nc(CC(C)(C(=O)O)C(C)C)sc1C. The molecule has 1 atom stereocenters. The number of carbonyl (C=O) groups is 1. The van der Waals surface area contributed by atoms with Crippen molar-refractivity contribution >= 4 is 17.3 Å². The van der Waals surface area contributed by atoms with Gasteiger partial charge in [0, 0.05) is 11.3 Å². The van der Waals surface area contributed by atoms with E-state index in [1.165, 1.54) is 4.88 Å². The van der Waals surface area contributed by atoms with Crippen molar-refractivity contribution in [2.45, 2.75) is 41.0 Å². The van der Waals surface area contributed by atoms with Crippen LogP contribution in [-0.2, 0) is 11.2 Å². The highest BCUT2D eigenvalue weighted by molar-refractivity contribution is 7.11. The molecule has 4 heteroatoms. The zero-order chi connectivity index (χ0) is 12.5. The van der Waals surface area contributed by atoms with Crippen LogP contribution in [-0.4, -0.2) is 16.1 Å². The van der Waals surface area contributed by atoms with Crippen LogP contribution in [0.3, 0.4) is 0 Å². The lowest BCUT2D eigenvalue weighted by atomic mass is 9.76. The number of rotatable bonds is 4. The topological polar surface area (TPSA) is 50.2 Å². The molecule has 0 aliphatic heterocycles. The molecule has 16 heavy (non-hydrogen) atoms. The fraction of sp³-hybridized carbons (Fsp3) is 0.667. The van der Waals surface area contributed by atoms with E-state index < -0.39 is 11.4 Å². The summed E-state index contributed by atoms with van der Waals surface area (Å²) in [5.74, 6) is -0.650. The van der Waals surface area contributed by atoms with Crippen LogP contribution in [0.5, 0.6) is 0 Å². The molecule has 0 saturated heterocycles. The molecule has 0 aliphatic rings. The summed E-state index contributed by atoms with van der Waals surface area (Å²) < 4.78 is 0. The Balaban J connectivity index is 2.97. The lowest BCUT2D eigenvalue weighted by Gasteiger charge is -2.27. The summed E-state index contributed by atoms with van der Waals surface area (Å²) in [5, 5.41) is 10.2. The Bertz CT molecular complexity index is 378. The highest BCUT2D eigenvalue weighted by Gasteiger charge is 2.37. The number of aryl methyl sites for hydroxylation is 2. The van der Waals surface area contributed by atoms with E-state index in [2.05, 4.69) is 4.98 Å². The second-order valence-electron chi connectivity index (χ2n) is 4.80. The van der Waals surface area contributed by atoms with Gasteiger partial charge in [0.15, 0.2) is 0 Å². The van der Waals surface area contributed by atoms with Crippen LogP contribution in [0, 0.1) is 25.2 Å². The maximum absolute atomic E-state index is 11.3. The van der Waals surface area contributed by atoms with Gasteiger partial charge < -0.3 is 5.11 Å². The minimum Gasteiger partial charge on any atom is -0.481 e. The minimum absolute atomic E-state index is 0.0921. The molecule has 0 saturated carbocycles. The van der Waals surface area contributed by atoms with Gasteiger partial charge in [-0.1, -0.05) is 13.8 Å². The number of aliphatic carboxylic acids is 1. The highest BCUT2D eigenvalue weighted by Crippen LogP contribution is 2.33. The average molecular weight is 241 g/mol. The number of hydrogen-bond donors (Lipinski definition) is 1. The van der Waals surface area contributed by atoms with Crippen molar-refractivity contribution < 1.29 is 9.90 Å². The summed E-state index contributed by atoms with van der Waals surface area (Å²) in [4.78, 5) is 16.9. The van der Waals surface area contributed by atoms with Gasteiger partial charge in [0.25, 0.3) is 0 Å². The molecule has 0 aromatic carbocycles. The Hall–Kier alpha value is -0.900. The van der Waals surface area contributed by atoms with Crippen molar-refractivity contribution in [2.75, 3.05) is 0 Å². The van der Waals surface area contributed by atoms with Crippen LogP contribution in [0.2, 0.25) is 0 Å². The zero-order valence-corrected chi connectivity index (χ0v) is 11.3. The molecule has 1 unspecified atom stereocenters. The maximum atomic E-state index is 11.3. The maximum Gasteiger partial charge on any atom is 0.310 e. The van der Waals surface area contributed by atoms with Gasteiger partial charge in [0.05, 0.1) is 16.1 Å². The largest absolute Gasteiger partial charge is 0.481 e. The molecule has 1 aromatic heterocycles.